The van der Waals surface area contributed by atoms with Gasteiger partial charge in [-0.05, 0) is 67.6 Å². The van der Waals surface area contributed by atoms with Crippen molar-refractivity contribution in [1.29, 1.82) is 0 Å². The van der Waals surface area contributed by atoms with Crippen LogP contribution in [0.4, 0.5) is 5.69 Å². The normalized spacial score (nSPS) is 21.2. The number of hydrogen-bond acceptors (Lipinski definition) is 11. The third kappa shape index (κ3) is 7.54. The first kappa shape index (κ1) is 37.9. The Bertz CT molecular complexity index is 2370. The number of aryl methyl sites for hydroxylation is 1. The first-order chi connectivity index (χ1) is 28.3. The number of nitrogens with zero attached hydrogens (tertiary/aromatic N) is 5. The largest absolute Gasteiger partial charge is 0.474 e. The van der Waals surface area contributed by atoms with Gasteiger partial charge in [0.05, 0.1) is 42.1 Å². The van der Waals surface area contributed by atoms with E-state index in [1.165, 1.54) is 5.39 Å². The summed E-state index contributed by atoms with van der Waals surface area (Å²) < 4.78 is 26.2. The number of imide groups is 2. The van der Waals surface area contributed by atoms with Gasteiger partial charge >= 0.3 is 0 Å². The molecule has 2 saturated heterocycles. The van der Waals surface area contributed by atoms with Crippen LogP contribution in [0, 0.1) is 0 Å². The summed E-state index contributed by atoms with van der Waals surface area (Å²) >= 11 is 0. The fraction of sp³-hybridized carbons (Fsp3) is 0.409. The summed E-state index contributed by atoms with van der Waals surface area (Å²) in [4.78, 5) is 62.3. The van der Waals surface area contributed by atoms with Gasteiger partial charge in [0, 0.05) is 105 Å². The van der Waals surface area contributed by atoms with E-state index in [0.29, 0.717) is 37.9 Å². The summed E-state index contributed by atoms with van der Waals surface area (Å²) in [7, 11) is 2.08. The molecule has 1 saturated carbocycles. The average Bonchev–Trinajstić information content (AvgIpc) is 3.65. The number of ether oxygens (including phenoxy) is 4. The zero-order chi connectivity index (χ0) is 39.8. The first-order valence-corrected chi connectivity index (χ1v) is 20.2. The molecule has 14 nitrogen and oxygen atoms in total. The third-order valence-corrected chi connectivity index (χ3v) is 11.8. The fourth-order valence-electron chi connectivity index (χ4n) is 8.50. The summed E-state index contributed by atoms with van der Waals surface area (Å²) in [6.45, 7) is 3.78. The molecule has 6 heterocycles. The fourth-order valence-corrected chi connectivity index (χ4v) is 8.50. The van der Waals surface area contributed by atoms with Gasteiger partial charge in [0.2, 0.25) is 17.7 Å². The van der Waals surface area contributed by atoms with Crippen molar-refractivity contribution in [3.05, 3.63) is 84.3 Å². The number of carbonyl (C=O) groups excluding carboxylic acids is 4. The molecule has 58 heavy (non-hydrogen) atoms. The summed E-state index contributed by atoms with van der Waals surface area (Å²) in [5.41, 5.74) is 5.90. The van der Waals surface area contributed by atoms with Crippen LogP contribution in [0.15, 0.2) is 73.2 Å². The van der Waals surface area contributed by atoms with E-state index in [2.05, 4.69) is 56.1 Å². The number of rotatable bonds is 14. The molecular formula is C44H46N6O8. The molecule has 4 aliphatic rings. The van der Waals surface area contributed by atoms with Crippen molar-refractivity contribution in [2.75, 3.05) is 44.4 Å². The zero-order valence-electron chi connectivity index (χ0n) is 32.4. The van der Waals surface area contributed by atoms with Crippen molar-refractivity contribution in [2.45, 2.75) is 69.3 Å². The summed E-state index contributed by atoms with van der Waals surface area (Å²) in [5.74, 6) is -1.37. The Hall–Kier alpha value is -5.70. The SMILES string of the molecule is Cn1c2ccncc2c2ccc(-c3ccc(O[C@H]4C[C@H](OCCCOCCOC5CCN(c6ccc7c(c6)C(=O)N(C6CCC(=O)NC6=O)C7=O)CC5)C4)nc3)cc21. The van der Waals surface area contributed by atoms with E-state index in [0.717, 1.165) is 83.3 Å². The minimum atomic E-state index is -0.973. The van der Waals surface area contributed by atoms with Crippen LogP contribution in [-0.4, -0.2) is 107 Å². The van der Waals surface area contributed by atoms with Gasteiger partial charge in [-0.3, -0.25) is 34.4 Å². The lowest BCUT2D eigenvalue weighted by Crippen LogP contribution is -2.54. The Morgan fingerprint density at radius 2 is 1.55 bits per heavy atom. The Morgan fingerprint density at radius 1 is 0.741 bits per heavy atom. The summed E-state index contributed by atoms with van der Waals surface area (Å²) in [5, 5.41) is 4.57. The highest BCUT2D eigenvalue weighted by Crippen LogP contribution is 2.34. The van der Waals surface area contributed by atoms with Gasteiger partial charge in [-0.15, -0.1) is 0 Å². The molecule has 0 bridgehead atoms. The highest BCUT2D eigenvalue weighted by Gasteiger charge is 2.45. The second kappa shape index (κ2) is 16.3. The Balaban J connectivity index is 0.629. The van der Waals surface area contributed by atoms with Crippen molar-refractivity contribution in [2.24, 2.45) is 7.05 Å². The first-order valence-electron chi connectivity index (χ1n) is 20.2. The molecule has 1 atom stereocenters. The molecular weight excluding hydrogens is 741 g/mol. The van der Waals surface area contributed by atoms with Gasteiger partial charge in [0.15, 0.2) is 0 Å². The van der Waals surface area contributed by atoms with E-state index in [1.54, 1.807) is 12.1 Å². The number of anilines is 1. The molecule has 0 spiro atoms. The third-order valence-electron chi connectivity index (χ3n) is 11.8. The van der Waals surface area contributed by atoms with E-state index in [4.69, 9.17) is 18.9 Å². The molecule has 3 aliphatic heterocycles. The Kier molecular flexibility index (Phi) is 10.6. The molecule has 1 N–H and O–H groups in total. The van der Waals surface area contributed by atoms with Gasteiger partial charge in [0.25, 0.3) is 11.8 Å². The number of benzene rings is 2. The lowest BCUT2D eigenvalue weighted by atomic mass is 9.92. The molecule has 9 rings (SSSR count). The molecule has 1 unspecified atom stereocenters. The maximum absolute atomic E-state index is 13.2. The quantitative estimate of drug-likeness (QED) is 0.117. The van der Waals surface area contributed by atoms with Crippen LogP contribution >= 0.6 is 0 Å². The molecule has 3 fully saturated rings. The second-order valence-corrected chi connectivity index (χ2v) is 15.5. The van der Waals surface area contributed by atoms with Crippen molar-refractivity contribution in [1.82, 2.24) is 24.8 Å². The van der Waals surface area contributed by atoms with Crippen LogP contribution < -0.4 is 15.0 Å². The predicted molar refractivity (Wildman–Crippen MR) is 215 cm³/mol. The van der Waals surface area contributed by atoms with Crippen molar-refractivity contribution >= 4 is 51.1 Å². The van der Waals surface area contributed by atoms with Crippen molar-refractivity contribution < 1.29 is 38.1 Å². The van der Waals surface area contributed by atoms with Crippen LogP contribution in [0.2, 0.25) is 0 Å². The summed E-state index contributed by atoms with van der Waals surface area (Å²) in [6, 6.07) is 16.8. The summed E-state index contributed by atoms with van der Waals surface area (Å²) in [6.07, 6.45) is 10.4. The zero-order valence-corrected chi connectivity index (χ0v) is 32.4. The van der Waals surface area contributed by atoms with E-state index in [9.17, 15) is 19.2 Å². The second-order valence-electron chi connectivity index (χ2n) is 15.5. The van der Waals surface area contributed by atoms with E-state index < -0.39 is 29.7 Å². The topological polar surface area (TPSA) is 154 Å². The Labute approximate surface area is 335 Å². The molecule has 4 amide bonds. The number of aromatic nitrogens is 3. The number of fused-ring (bicyclic) bond motifs is 4. The highest BCUT2D eigenvalue weighted by molar-refractivity contribution is 6.23. The minimum absolute atomic E-state index is 0.0908. The number of amides is 4. The molecule has 300 valence electrons. The van der Waals surface area contributed by atoms with E-state index in [1.807, 2.05) is 36.8 Å². The van der Waals surface area contributed by atoms with Gasteiger partial charge < -0.3 is 28.4 Å². The number of carbonyl (C=O) groups is 4. The van der Waals surface area contributed by atoms with Crippen LogP contribution in [-0.2, 0) is 30.8 Å². The lowest BCUT2D eigenvalue weighted by Gasteiger charge is -2.34. The molecule has 3 aromatic heterocycles. The molecule has 14 heteroatoms. The van der Waals surface area contributed by atoms with E-state index >= 15 is 0 Å². The maximum Gasteiger partial charge on any atom is 0.262 e. The van der Waals surface area contributed by atoms with Crippen LogP contribution in [0.3, 0.4) is 0 Å². The predicted octanol–water partition coefficient (Wildman–Crippen LogP) is 5.21. The van der Waals surface area contributed by atoms with Crippen LogP contribution in [0.5, 0.6) is 5.88 Å². The average molecular weight is 787 g/mol. The molecule has 2 aromatic carbocycles. The van der Waals surface area contributed by atoms with Gasteiger partial charge in [0.1, 0.15) is 12.1 Å². The monoisotopic (exact) mass is 786 g/mol. The van der Waals surface area contributed by atoms with Gasteiger partial charge in [-0.25, -0.2) is 4.98 Å². The molecule has 0 radical (unpaired) electrons. The molecule has 5 aromatic rings. The maximum atomic E-state index is 13.2. The standard InChI is InChI=1S/C44H46N6O8/c1-48-37-11-14-45-26-36(37)33-6-3-27(21-39(33)48)28-4-10-41(46-25-28)58-32-23-31(24-32)56-18-2-17-55-19-20-57-30-12-15-49(16-13-30)29-5-7-34-35(22-29)44(54)50(43(34)53)38-8-9-40(51)47-42(38)52/h3-7,10-11,14,21-22,25-26,30-32,38H,2,8-9,12-13,15-20,23-24H2,1H3,(H,47,51,52)/t31-,32-,38?. The number of pyridine rings is 2. The van der Waals surface area contributed by atoms with Crippen molar-refractivity contribution in [3.63, 3.8) is 0 Å². The minimum Gasteiger partial charge on any atom is -0.474 e. The number of hydrogen-bond donors (Lipinski definition) is 1. The van der Waals surface area contributed by atoms with Crippen molar-refractivity contribution in [3.8, 4) is 17.0 Å². The van der Waals surface area contributed by atoms with Crippen LogP contribution in [0.1, 0.15) is 65.7 Å². The Morgan fingerprint density at radius 3 is 2.36 bits per heavy atom. The van der Waals surface area contributed by atoms with Gasteiger partial charge in [-0.1, -0.05) is 12.1 Å². The number of nitrogens with one attached hydrogen (secondary N) is 1. The number of piperidine rings is 2. The molecule has 1 aliphatic carbocycles. The smallest absolute Gasteiger partial charge is 0.262 e. The van der Waals surface area contributed by atoms with Gasteiger partial charge in [-0.2, -0.15) is 0 Å². The lowest BCUT2D eigenvalue weighted by molar-refractivity contribution is -0.136. The highest BCUT2D eigenvalue weighted by atomic mass is 16.5. The van der Waals surface area contributed by atoms with E-state index in [-0.39, 0.29) is 36.7 Å². The van der Waals surface area contributed by atoms with Crippen LogP contribution in [0.25, 0.3) is 32.9 Å².